The van der Waals surface area contributed by atoms with Crippen LogP contribution in [0.15, 0.2) is 27.9 Å². The summed E-state index contributed by atoms with van der Waals surface area (Å²) in [6.45, 7) is 4.53. The molecule has 0 radical (unpaired) electrons. The van der Waals surface area contributed by atoms with Crippen molar-refractivity contribution in [2.45, 2.75) is 13.8 Å². The van der Waals surface area contributed by atoms with Crippen LogP contribution in [0.1, 0.15) is 13.8 Å². The highest BCUT2D eigenvalue weighted by Gasteiger charge is 2.11. The van der Waals surface area contributed by atoms with Crippen molar-refractivity contribution in [3.8, 4) is 11.5 Å². The molecule has 1 aromatic rings. The van der Waals surface area contributed by atoms with E-state index in [0.29, 0.717) is 33.9 Å². The topological polar surface area (TPSA) is 40.0 Å². The maximum absolute atomic E-state index is 6.14. The third kappa shape index (κ3) is 6.97. The summed E-state index contributed by atoms with van der Waals surface area (Å²) in [7, 11) is 0. The zero-order valence-corrected chi connectivity index (χ0v) is 15.1. The minimum Gasteiger partial charge on any atom is -0.489 e. The van der Waals surface area contributed by atoms with Crippen LogP contribution < -0.4 is 9.47 Å². The fourth-order valence-corrected chi connectivity index (χ4v) is 2.04. The number of oxime groups is 1. The lowest BCUT2D eigenvalue weighted by Crippen LogP contribution is -2.09. The minimum absolute atomic E-state index is 0.126. The molecule has 0 aliphatic carbocycles. The molecule has 1 aromatic carbocycles. The monoisotopic (exact) mass is 385 g/mol. The maximum Gasteiger partial charge on any atom is 0.157 e. The summed E-state index contributed by atoms with van der Waals surface area (Å²) in [5, 5.41) is 4.49. The van der Waals surface area contributed by atoms with Crippen molar-refractivity contribution in [3.05, 3.63) is 32.7 Å². The molecular formula is C14H15Cl4NO3. The fraction of sp³-hybridized carbons (Fsp3) is 0.357. The molecule has 0 aliphatic rings. The van der Waals surface area contributed by atoms with Gasteiger partial charge in [0.05, 0.1) is 15.8 Å². The van der Waals surface area contributed by atoms with Crippen molar-refractivity contribution in [3.63, 3.8) is 0 Å². The molecule has 0 heterocycles. The Kier molecular flexibility index (Phi) is 8.79. The number of halogens is 4. The van der Waals surface area contributed by atoms with Crippen LogP contribution in [0.3, 0.4) is 0 Å². The molecule has 0 bridgehead atoms. The van der Waals surface area contributed by atoms with Crippen molar-refractivity contribution < 1.29 is 14.3 Å². The van der Waals surface area contributed by atoms with Crippen LogP contribution in [0.25, 0.3) is 0 Å². The van der Waals surface area contributed by atoms with Crippen molar-refractivity contribution in [2.75, 3.05) is 19.8 Å². The van der Waals surface area contributed by atoms with Crippen molar-refractivity contribution in [1.82, 2.24) is 0 Å². The maximum atomic E-state index is 6.14. The van der Waals surface area contributed by atoms with Gasteiger partial charge in [0.25, 0.3) is 0 Å². The van der Waals surface area contributed by atoms with E-state index >= 15 is 0 Å². The zero-order valence-electron chi connectivity index (χ0n) is 12.0. The second-order valence-electron chi connectivity index (χ2n) is 4.05. The van der Waals surface area contributed by atoms with E-state index in [0.717, 1.165) is 0 Å². The number of ether oxygens (including phenoxy) is 2. The van der Waals surface area contributed by atoms with Gasteiger partial charge in [-0.15, -0.1) is 0 Å². The Morgan fingerprint density at radius 1 is 1.18 bits per heavy atom. The van der Waals surface area contributed by atoms with Gasteiger partial charge in [-0.3, -0.25) is 0 Å². The summed E-state index contributed by atoms with van der Waals surface area (Å²) < 4.78 is 11.1. The Hall–Kier alpha value is -0.810. The van der Waals surface area contributed by atoms with Gasteiger partial charge in [-0.1, -0.05) is 51.6 Å². The van der Waals surface area contributed by atoms with E-state index in [1.54, 1.807) is 19.1 Å². The van der Waals surface area contributed by atoms with Crippen LogP contribution in [0.5, 0.6) is 11.5 Å². The third-order valence-corrected chi connectivity index (χ3v) is 3.10. The van der Waals surface area contributed by atoms with Gasteiger partial charge in [0, 0.05) is 12.1 Å². The summed E-state index contributed by atoms with van der Waals surface area (Å²) in [5.41, 5.74) is 0.663. The normalized spacial score (nSPS) is 11.1. The van der Waals surface area contributed by atoms with E-state index in [9.17, 15) is 0 Å². The van der Waals surface area contributed by atoms with Crippen molar-refractivity contribution >= 4 is 52.1 Å². The molecule has 8 heteroatoms. The third-order valence-electron chi connectivity index (χ3n) is 2.23. The van der Waals surface area contributed by atoms with Crippen LogP contribution in [0.2, 0.25) is 10.0 Å². The van der Waals surface area contributed by atoms with E-state index < -0.39 is 0 Å². The smallest absolute Gasteiger partial charge is 0.157 e. The molecule has 4 nitrogen and oxygen atoms in total. The molecule has 0 N–H and O–H groups in total. The Morgan fingerprint density at radius 2 is 1.82 bits per heavy atom. The molecule has 0 unspecified atom stereocenters. The molecule has 0 saturated heterocycles. The average molecular weight is 387 g/mol. The number of rotatable bonds is 8. The lowest BCUT2D eigenvalue weighted by Gasteiger charge is -2.12. The number of benzene rings is 1. The predicted molar refractivity (Wildman–Crippen MR) is 92.0 cm³/mol. The summed E-state index contributed by atoms with van der Waals surface area (Å²) in [5.74, 6) is 0.834. The first-order valence-electron chi connectivity index (χ1n) is 6.35. The van der Waals surface area contributed by atoms with E-state index in [4.69, 9.17) is 60.7 Å². The van der Waals surface area contributed by atoms with Gasteiger partial charge in [0.1, 0.15) is 30.1 Å². The largest absolute Gasteiger partial charge is 0.489 e. The van der Waals surface area contributed by atoms with E-state index in [1.165, 1.54) is 6.08 Å². The summed E-state index contributed by atoms with van der Waals surface area (Å²) in [6, 6.07) is 3.18. The molecule has 0 amide bonds. The Labute approximate surface area is 149 Å². The van der Waals surface area contributed by atoms with Crippen molar-refractivity contribution in [1.29, 1.82) is 0 Å². The standard InChI is InChI=1S/C14H15Cl4NO3/c1-3-22-19-9(2)8-21-14-11(15)6-10(7-12(14)16)20-5-4-13(17)18/h4,6-7H,3,5,8H2,1-2H3. The Bertz CT molecular complexity index is 534. The predicted octanol–water partition coefficient (Wildman–Crippen LogP) is 5.48. The number of nitrogens with zero attached hydrogens (tertiary/aromatic N) is 1. The highest BCUT2D eigenvalue weighted by Crippen LogP contribution is 2.37. The minimum atomic E-state index is 0.126. The summed E-state index contributed by atoms with van der Waals surface area (Å²) in [6.07, 6.45) is 1.50. The van der Waals surface area contributed by atoms with Gasteiger partial charge >= 0.3 is 0 Å². The van der Waals surface area contributed by atoms with E-state index in [-0.39, 0.29) is 17.7 Å². The average Bonchev–Trinajstić information content (AvgIpc) is 2.43. The molecule has 0 aliphatic heterocycles. The molecule has 0 aromatic heterocycles. The van der Waals surface area contributed by atoms with Gasteiger partial charge in [-0.05, 0) is 19.9 Å². The van der Waals surface area contributed by atoms with Gasteiger partial charge in [0.15, 0.2) is 5.75 Å². The highest BCUT2D eigenvalue weighted by atomic mass is 35.5. The Balaban J connectivity index is 2.71. The van der Waals surface area contributed by atoms with Crippen molar-refractivity contribution in [2.24, 2.45) is 5.16 Å². The second-order valence-corrected chi connectivity index (χ2v) is 5.88. The molecule has 0 spiro atoms. The van der Waals surface area contributed by atoms with Crippen LogP contribution in [0, 0.1) is 0 Å². The van der Waals surface area contributed by atoms with Crippen LogP contribution in [-0.4, -0.2) is 25.5 Å². The molecule has 1 rings (SSSR count). The molecule has 0 saturated carbocycles. The van der Waals surface area contributed by atoms with Crippen LogP contribution in [0.4, 0.5) is 0 Å². The lowest BCUT2D eigenvalue weighted by molar-refractivity contribution is 0.156. The van der Waals surface area contributed by atoms with Crippen LogP contribution >= 0.6 is 46.4 Å². The molecule has 22 heavy (non-hydrogen) atoms. The van der Waals surface area contributed by atoms with Gasteiger partial charge in [0.2, 0.25) is 0 Å². The quantitative estimate of drug-likeness (QED) is 0.438. The van der Waals surface area contributed by atoms with Gasteiger partial charge in [-0.25, -0.2) is 0 Å². The first kappa shape index (κ1) is 19.2. The van der Waals surface area contributed by atoms with Gasteiger partial charge in [-0.2, -0.15) is 0 Å². The molecule has 122 valence electrons. The first-order valence-corrected chi connectivity index (χ1v) is 7.86. The summed E-state index contributed by atoms with van der Waals surface area (Å²) >= 11 is 23.3. The highest BCUT2D eigenvalue weighted by molar-refractivity contribution is 6.55. The van der Waals surface area contributed by atoms with E-state index in [2.05, 4.69) is 5.16 Å². The Morgan fingerprint density at radius 3 is 2.36 bits per heavy atom. The number of hydrogen-bond donors (Lipinski definition) is 0. The SMILES string of the molecule is CCON=C(C)COc1c(Cl)cc(OCC=C(Cl)Cl)cc1Cl. The first-order chi connectivity index (χ1) is 10.4. The molecular weight excluding hydrogens is 372 g/mol. The number of hydrogen-bond acceptors (Lipinski definition) is 4. The molecule has 0 fully saturated rings. The van der Waals surface area contributed by atoms with Crippen LogP contribution in [-0.2, 0) is 4.84 Å². The van der Waals surface area contributed by atoms with Gasteiger partial charge < -0.3 is 14.3 Å². The van der Waals surface area contributed by atoms with E-state index in [1.807, 2.05) is 6.92 Å². The fourth-order valence-electron chi connectivity index (χ4n) is 1.34. The second kappa shape index (κ2) is 10.1. The summed E-state index contributed by atoms with van der Waals surface area (Å²) in [4.78, 5) is 4.92. The molecule has 0 atom stereocenters. The zero-order chi connectivity index (χ0) is 16.5. The lowest BCUT2D eigenvalue weighted by atomic mass is 10.3.